The van der Waals surface area contributed by atoms with Gasteiger partial charge in [0.1, 0.15) is 5.82 Å². The van der Waals surface area contributed by atoms with Crippen LogP contribution >= 0.6 is 0 Å². The normalized spacial score (nSPS) is 10.1. The van der Waals surface area contributed by atoms with Gasteiger partial charge in [-0.25, -0.2) is 4.39 Å². The Hall–Kier alpha value is -1.26. The van der Waals surface area contributed by atoms with Gasteiger partial charge in [0, 0.05) is 11.1 Å². The SMILES string of the molecule is NCC(=O)c1ccc(F)c(CO)c1. The lowest BCUT2D eigenvalue weighted by molar-refractivity contribution is 0.100. The first-order valence-electron chi connectivity index (χ1n) is 3.81. The molecule has 0 aromatic heterocycles. The van der Waals surface area contributed by atoms with E-state index in [0.29, 0.717) is 5.56 Å². The van der Waals surface area contributed by atoms with Gasteiger partial charge in [-0.05, 0) is 18.2 Å². The highest BCUT2D eigenvalue weighted by atomic mass is 19.1. The maximum Gasteiger partial charge on any atom is 0.176 e. The molecule has 0 bridgehead atoms. The van der Waals surface area contributed by atoms with E-state index in [0.717, 1.165) is 6.07 Å². The molecule has 0 atom stereocenters. The number of carbonyl (C=O) groups is 1. The molecule has 0 saturated heterocycles. The number of hydrogen-bond donors (Lipinski definition) is 2. The van der Waals surface area contributed by atoms with Crippen molar-refractivity contribution in [2.45, 2.75) is 6.61 Å². The minimum absolute atomic E-state index is 0.110. The summed E-state index contributed by atoms with van der Waals surface area (Å²) in [6.45, 7) is -0.534. The first-order valence-corrected chi connectivity index (χ1v) is 3.81. The molecule has 1 aromatic rings. The second kappa shape index (κ2) is 4.11. The van der Waals surface area contributed by atoms with Crippen molar-refractivity contribution in [3.05, 3.63) is 35.1 Å². The molecule has 0 saturated carbocycles. The Labute approximate surface area is 75.0 Å². The molecule has 70 valence electrons. The largest absolute Gasteiger partial charge is 0.392 e. The summed E-state index contributed by atoms with van der Waals surface area (Å²) in [6, 6.07) is 3.81. The van der Waals surface area contributed by atoms with Crippen LogP contribution in [0.1, 0.15) is 15.9 Å². The Kier molecular flexibility index (Phi) is 3.11. The smallest absolute Gasteiger partial charge is 0.176 e. The van der Waals surface area contributed by atoms with Crippen LogP contribution in [-0.2, 0) is 6.61 Å². The van der Waals surface area contributed by atoms with E-state index in [1.165, 1.54) is 12.1 Å². The van der Waals surface area contributed by atoms with Crippen LogP contribution in [0.2, 0.25) is 0 Å². The van der Waals surface area contributed by atoms with Crippen LogP contribution in [0, 0.1) is 5.82 Å². The molecule has 0 heterocycles. The Bertz CT molecular complexity index is 325. The quantitative estimate of drug-likeness (QED) is 0.669. The van der Waals surface area contributed by atoms with E-state index in [4.69, 9.17) is 10.8 Å². The lowest BCUT2D eigenvalue weighted by Crippen LogP contribution is -2.14. The number of carbonyl (C=O) groups excluding carboxylic acids is 1. The molecule has 3 N–H and O–H groups in total. The van der Waals surface area contributed by atoms with Gasteiger partial charge in [0.25, 0.3) is 0 Å². The van der Waals surface area contributed by atoms with Crippen LogP contribution in [0.3, 0.4) is 0 Å². The molecule has 13 heavy (non-hydrogen) atoms. The number of Topliss-reactive ketones (excluding diaryl/α,β-unsaturated/α-hetero) is 1. The lowest BCUT2D eigenvalue weighted by atomic mass is 10.1. The van der Waals surface area contributed by atoms with Crippen molar-refractivity contribution in [2.24, 2.45) is 5.73 Å². The molecule has 0 fully saturated rings. The first kappa shape index (κ1) is 9.83. The van der Waals surface area contributed by atoms with Gasteiger partial charge in [0.2, 0.25) is 0 Å². The van der Waals surface area contributed by atoms with Gasteiger partial charge in [-0.1, -0.05) is 0 Å². The fourth-order valence-electron chi connectivity index (χ4n) is 0.987. The molecular formula is C9H10FNO2. The standard InChI is InChI=1S/C9H10FNO2/c10-8-2-1-6(9(13)4-11)3-7(8)5-12/h1-3,12H,4-5,11H2. The highest BCUT2D eigenvalue weighted by molar-refractivity contribution is 5.97. The Morgan fingerprint density at radius 1 is 1.54 bits per heavy atom. The lowest BCUT2D eigenvalue weighted by Gasteiger charge is -2.02. The van der Waals surface area contributed by atoms with E-state index in [-0.39, 0.29) is 17.9 Å². The fourth-order valence-corrected chi connectivity index (χ4v) is 0.987. The predicted octanol–water partition coefficient (Wildman–Crippen LogP) is 0.459. The molecule has 1 aromatic carbocycles. The highest BCUT2D eigenvalue weighted by Crippen LogP contribution is 2.10. The van der Waals surface area contributed by atoms with E-state index in [1.807, 2.05) is 0 Å². The number of hydrogen-bond acceptors (Lipinski definition) is 3. The molecule has 0 aliphatic rings. The topological polar surface area (TPSA) is 63.3 Å². The van der Waals surface area contributed by atoms with Gasteiger partial charge in [0.15, 0.2) is 5.78 Å². The van der Waals surface area contributed by atoms with Crippen LogP contribution in [0.25, 0.3) is 0 Å². The molecule has 0 aliphatic heterocycles. The number of rotatable bonds is 3. The van der Waals surface area contributed by atoms with Gasteiger partial charge in [-0.3, -0.25) is 4.79 Å². The fraction of sp³-hybridized carbons (Fsp3) is 0.222. The molecule has 0 aliphatic carbocycles. The van der Waals surface area contributed by atoms with Gasteiger partial charge in [0.05, 0.1) is 13.2 Å². The van der Waals surface area contributed by atoms with Gasteiger partial charge >= 0.3 is 0 Å². The van der Waals surface area contributed by atoms with Crippen molar-refractivity contribution in [2.75, 3.05) is 6.54 Å². The maximum atomic E-state index is 12.8. The Balaban J connectivity index is 3.06. The number of aliphatic hydroxyl groups excluding tert-OH is 1. The van der Waals surface area contributed by atoms with Crippen LogP contribution in [0.5, 0.6) is 0 Å². The van der Waals surface area contributed by atoms with Gasteiger partial charge in [-0.15, -0.1) is 0 Å². The monoisotopic (exact) mass is 183 g/mol. The van der Waals surface area contributed by atoms with E-state index in [1.54, 1.807) is 0 Å². The van der Waals surface area contributed by atoms with Crippen molar-refractivity contribution in [1.29, 1.82) is 0 Å². The van der Waals surface area contributed by atoms with Crippen molar-refractivity contribution in [3.8, 4) is 0 Å². The van der Waals surface area contributed by atoms with Crippen molar-refractivity contribution >= 4 is 5.78 Å². The van der Waals surface area contributed by atoms with Crippen LogP contribution in [0.4, 0.5) is 4.39 Å². The summed E-state index contributed by atoms with van der Waals surface area (Å²) < 4.78 is 12.8. The van der Waals surface area contributed by atoms with Crippen molar-refractivity contribution in [3.63, 3.8) is 0 Å². The molecule has 0 spiro atoms. The van der Waals surface area contributed by atoms with Crippen LogP contribution < -0.4 is 5.73 Å². The van der Waals surface area contributed by atoms with E-state index >= 15 is 0 Å². The van der Waals surface area contributed by atoms with Crippen LogP contribution in [-0.4, -0.2) is 17.4 Å². The molecule has 1 rings (SSSR count). The summed E-state index contributed by atoms with van der Waals surface area (Å²) in [7, 11) is 0. The predicted molar refractivity (Wildman–Crippen MR) is 45.7 cm³/mol. The number of aliphatic hydroxyl groups is 1. The minimum atomic E-state index is -0.518. The minimum Gasteiger partial charge on any atom is -0.392 e. The molecule has 3 nitrogen and oxygen atoms in total. The molecule has 0 radical (unpaired) electrons. The Morgan fingerprint density at radius 3 is 2.77 bits per heavy atom. The molecular weight excluding hydrogens is 173 g/mol. The van der Waals surface area contributed by atoms with E-state index in [9.17, 15) is 9.18 Å². The summed E-state index contributed by atoms with van der Waals surface area (Å²) >= 11 is 0. The zero-order valence-corrected chi connectivity index (χ0v) is 6.96. The zero-order chi connectivity index (χ0) is 9.84. The van der Waals surface area contributed by atoms with Gasteiger partial charge < -0.3 is 10.8 Å². The second-order valence-electron chi connectivity index (χ2n) is 2.59. The summed E-state index contributed by atoms with van der Waals surface area (Å²) in [5.41, 5.74) is 5.57. The highest BCUT2D eigenvalue weighted by Gasteiger charge is 2.07. The van der Waals surface area contributed by atoms with E-state index < -0.39 is 12.4 Å². The average molecular weight is 183 g/mol. The summed E-state index contributed by atoms with van der Waals surface area (Å²) in [4.78, 5) is 11.1. The van der Waals surface area contributed by atoms with Gasteiger partial charge in [-0.2, -0.15) is 0 Å². The number of benzene rings is 1. The maximum absolute atomic E-state index is 12.8. The average Bonchev–Trinajstić information content (AvgIpc) is 2.17. The third-order valence-electron chi connectivity index (χ3n) is 1.72. The molecule has 4 heteroatoms. The Morgan fingerprint density at radius 2 is 2.23 bits per heavy atom. The number of ketones is 1. The van der Waals surface area contributed by atoms with Crippen LogP contribution in [0.15, 0.2) is 18.2 Å². The van der Waals surface area contributed by atoms with Crippen molar-refractivity contribution in [1.82, 2.24) is 0 Å². The summed E-state index contributed by atoms with van der Waals surface area (Å²) in [5, 5.41) is 8.71. The second-order valence-corrected chi connectivity index (χ2v) is 2.59. The third-order valence-corrected chi connectivity index (χ3v) is 1.72. The third kappa shape index (κ3) is 2.11. The molecule has 0 unspecified atom stereocenters. The summed E-state index contributed by atoms with van der Waals surface area (Å²) in [6.07, 6.45) is 0. The summed E-state index contributed by atoms with van der Waals surface area (Å²) in [5.74, 6) is -0.786. The molecule has 0 amide bonds. The number of halogens is 1. The van der Waals surface area contributed by atoms with Crippen molar-refractivity contribution < 1.29 is 14.3 Å². The van der Waals surface area contributed by atoms with E-state index in [2.05, 4.69) is 0 Å². The zero-order valence-electron chi connectivity index (χ0n) is 6.96. The number of nitrogens with two attached hydrogens (primary N) is 1. The first-order chi connectivity index (χ1) is 6.19.